The van der Waals surface area contributed by atoms with Crippen molar-refractivity contribution in [3.63, 3.8) is 0 Å². The van der Waals surface area contributed by atoms with Gasteiger partial charge in [-0.3, -0.25) is 4.98 Å². The van der Waals surface area contributed by atoms with Gasteiger partial charge in [0.05, 0.1) is 5.69 Å². The summed E-state index contributed by atoms with van der Waals surface area (Å²) < 4.78 is 0. The zero-order valence-electron chi connectivity index (χ0n) is 8.55. The second kappa shape index (κ2) is 5.00. The molecule has 2 heterocycles. The van der Waals surface area contributed by atoms with Gasteiger partial charge in [-0.1, -0.05) is 6.07 Å². The highest BCUT2D eigenvalue weighted by Crippen LogP contribution is 2.10. The van der Waals surface area contributed by atoms with Crippen LogP contribution in [-0.4, -0.2) is 9.97 Å². The van der Waals surface area contributed by atoms with Crippen molar-refractivity contribution in [2.24, 2.45) is 0 Å². The van der Waals surface area contributed by atoms with E-state index >= 15 is 0 Å². The van der Waals surface area contributed by atoms with E-state index in [-0.39, 0.29) is 6.04 Å². The van der Waals surface area contributed by atoms with Crippen molar-refractivity contribution in [3.05, 3.63) is 46.7 Å². The summed E-state index contributed by atoms with van der Waals surface area (Å²) in [5.41, 5.74) is 1.06. The Bertz CT molecular complexity index is 385. The number of aromatic nitrogens is 2. The molecule has 0 aromatic carbocycles. The molecule has 2 aromatic heterocycles. The zero-order chi connectivity index (χ0) is 10.5. The van der Waals surface area contributed by atoms with Gasteiger partial charge in [0.2, 0.25) is 0 Å². The largest absolute Gasteiger partial charge is 0.302 e. The summed E-state index contributed by atoms with van der Waals surface area (Å²) in [4.78, 5) is 8.52. The van der Waals surface area contributed by atoms with Gasteiger partial charge < -0.3 is 5.32 Å². The van der Waals surface area contributed by atoms with Crippen LogP contribution in [0.5, 0.6) is 0 Å². The van der Waals surface area contributed by atoms with Crippen LogP contribution in [0.15, 0.2) is 36.0 Å². The molecule has 0 spiro atoms. The maximum absolute atomic E-state index is 4.30. The molecule has 0 bridgehead atoms. The SMILES string of the molecule is C[C@H](NCc1nccs1)c1ccccn1. The van der Waals surface area contributed by atoms with E-state index in [1.807, 2.05) is 36.0 Å². The van der Waals surface area contributed by atoms with Crippen LogP contribution in [0.4, 0.5) is 0 Å². The van der Waals surface area contributed by atoms with Gasteiger partial charge in [0.15, 0.2) is 0 Å². The molecule has 0 aliphatic rings. The number of rotatable bonds is 4. The lowest BCUT2D eigenvalue weighted by molar-refractivity contribution is 0.560. The van der Waals surface area contributed by atoms with Crippen LogP contribution in [-0.2, 0) is 6.54 Å². The highest BCUT2D eigenvalue weighted by molar-refractivity contribution is 7.09. The minimum Gasteiger partial charge on any atom is -0.302 e. The van der Waals surface area contributed by atoms with E-state index in [9.17, 15) is 0 Å². The van der Waals surface area contributed by atoms with Crippen molar-refractivity contribution in [1.29, 1.82) is 0 Å². The first-order valence-corrected chi connectivity index (χ1v) is 5.77. The number of nitrogens with one attached hydrogen (secondary N) is 1. The van der Waals surface area contributed by atoms with E-state index in [4.69, 9.17) is 0 Å². The van der Waals surface area contributed by atoms with Gasteiger partial charge in [-0.05, 0) is 19.1 Å². The van der Waals surface area contributed by atoms with Crippen LogP contribution in [0.1, 0.15) is 23.7 Å². The van der Waals surface area contributed by atoms with Crippen molar-refractivity contribution in [1.82, 2.24) is 15.3 Å². The molecule has 78 valence electrons. The first kappa shape index (κ1) is 10.3. The number of nitrogens with zero attached hydrogens (tertiary/aromatic N) is 2. The van der Waals surface area contributed by atoms with E-state index in [0.29, 0.717) is 0 Å². The van der Waals surface area contributed by atoms with Crippen LogP contribution in [0, 0.1) is 0 Å². The second-order valence-electron chi connectivity index (χ2n) is 3.28. The third-order valence-electron chi connectivity index (χ3n) is 2.17. The lowest BCUT2D eigenvalue weighted by Gasteiger charge is -2.11. The molecule has 0 saturated heterocycles. The Labute approximate surface area is 93.2 Å². The van der Waals surface area contributed by atoms with Gasteiger partial charge in [-0.25, -0.2) is 4.98 Å². The Kier molecular flexibility index (Phi) is 3.42. The summed E-state index contributed by atoms with van der Waals surface area (Å²) in [6.07, 6.45) is 3.64. The van der Waals surface area contributed by atoms with Gasteiger partial charge >= 0.3 is 0 Å². The molecule has 3 nitrogen and oxygen atoms in total. The summed E-state index contributed by atoms with van der Waals surface area (Å²) >= 11 is 1.67. The van der Waals surface area contributed by atoms with E-state index in [1.54, 1.807) is 11.3 Å². The van der Waals surface area contributed by atoms with Gasteiger partial charge in [0, 0.05) is 30.4 Å². The van der Waals surface area contributed by atoms with Gasteiger partial charge in [0.25, 0.3) is 0 Å². The molecule has 0 radical (unpaired) electrons. The average molecular weight is 219 g/mol. The molecule has 0 fully saturated rings. The third kappa shape index (κ3) is 2.84. The van der Waals surface area contributed by atoms with Crippen molar-refractivity contribution in [2.45, 2.75) is 19.5 Å². The molecule has 4 heteroatoms. The van der Waals surface area contributed by atoms with Crippen molar-refractivity contribution in [2.75, 3.05) is 0 Å². The summed E-state index contributed by atoms with van der Waals surface area (Å²) in [6.45, 7) is 2.91. The molecule has 2 aromatic rings. The Balaban J connectivity index is 1.90. The van der Waals surface area contributed by atoms with Crippen LogP contribution in [0.3, 0.4) is 0 Å². The average Bonchev–Trinajstić information content (AvgIpc) is 2.80. The van der Waals surface area contributed by atoms with Crippen molar-refractivity contribution >= 4 is 11.3 Å². The van der Waals surface area contributed by atoms with Crippen LogP contribution in [0.2, 0.25) is 0 Å². The molecule has 0 aliphatic carbocycles. The maximum atomic E-state index is 4.30. The third-order valence-corrected chi connectivity index (χ3v) is 2.95. The molecule has 0 unspecified atom stereocenters. The minimum absolute atomic E-state index is 0.259. The van der Waals surface area contributed by atoms with E-state index in [0.717, 1.165) is 17.2 Å². The number of hydrogen-bond donors (Lipinski definition) is 1. The first-order valence-electron chi connectivity index (χ1n) is 4.89. The second-order valence-corrected chi connectivity index (χ2v) is 4.26. The van der Waals surface area contributed by atoms with Crippen LogP contribution >= 0.6 is 11.3 Å². The highest BCUT2D eigenvalue weighted by Gasteiger charge is 2.05. The molecule has 0 saturated carbocycles. The number of pyridine rings is 1. The Hall–Kier alpha value is -1.26. The van der Waals surface area contributed by atoms with Gasteiger partial charge in [-0.15, -0.1) is 11.3 Å². The standard InChI is InChI=1S/C11H13N3S/c1-9(10-4-2-3-5-12-10)14-8-11-13-6-7-15-11/h2-7,9,14H,8H2,1H3/t9-/m0/s1. The predicted octanol–water partition coefficient (Wildman–Crippen LogP) is 2.39. The summed E-state index contributed by atoms with van der Waals surface area (Å²) in [5.74, 6) is 0. The van der Waals surface area contributed by atoms with E-state index in [2.05, 4.69) is 22.2 Å². The first-order chi connectivity index (χ1) is 7.36. The van der Waals surface area contributed by atoms with Crippen LogP contribution < -0.4 is 5.32 Å². The Morgan fingerprint density at radius 1 is 1.33 bits per heavy atom. The van der Waals surface area contributed by atoms with Crippen molar-refractivity contribution < 1.29 is 0 Å². The summed E-state index contributed by atoms with van der Waals surface area (Å²) in [5, 5.41) is 6.48. The Morgan fingerprint density at radius 2 is 2.27 bits per heavy atom. The molecule has 0 aliphatic heterocycles. The summed E-state index contributed by atoms with van der Waals surface area (Å²) in [7, 11) is 0. The normalized spacial score (nSPS) is 12.6. The molecule has 15 heavy (non-hydrogen) atoms. The van der Waals surface area contributed by atoms with Gasteiger partial charge in [-0.2, -0.15) is 0 Å². The number of hydrogen-bond acceptors (Lipinski definition) is 4. The lowest BCUT2D eigenvalue weighted by Crippen LogP contribution is -2.18. The summed E-state index contributed by atoms with van der Waals surface area (Å²) in [6, 6.07) is 6.22. The lowest BCUT2D eigenvalue weighted by atomic mass is 10.2. The monoisotopic (exact) mass is 219 g/mol. The Morgan fingerprint density at radius 3 is 2.93 bits per heavy atom. The molecular weight excluding hydrogens is 206 g/mol. The quantitative estimate of drug-likeness (QED) is 0.858. The van der Waals surface area contributed by atoms with E-state index in [1.165, 1.54) is 0 Å². The smallest absolute Gasteiger partial charge is 0.106 e. The fraction of sp³-hybridized carbons (Fsp3) is 0.273. The fourth-order valence-electron chi connectivity index (χ4n) is 1.32. The van der Waals surface area contributed by atoms with Crippen LogP contribution in [0.25, 0.3) is 0 Å². The highest BCUT2D eigenvalue weighted by atomic mass is 32.1. The van der Waals surface area contributed by atoms with Gasteiger partial charge in [0.1, 0.15) is 5.01 Å². The molecule has 2 rings (SSSR count). The molecule has 1 N–H and O–H groups in total. The topological polar surface area (TPSA) is 37.8 Å². The maximum Gasteiger partial charge on any atom is 0.106 e. The molecule has 1 atom stereocenters. The minimum atomic E-state index is 0.259. The molecular formula is C11H13N3S. The van der Waals surface area contributed by atoms with Crippen molar-refractivity contribution in [3.8, 4) is 0 Å². The zero-order valence-corrected chi connectivity index (χ0v) is 9.37. The predicted molar refractivity (Wildman–Crippen MR) is 61.6 cm³/mol. The fourth-order valence-corrected chi connectivity index (χ4v) is 1.88. The number of thiazole rings is 1. The molecule has 0 amide bonds. The van der Waals surface area contributed by atoms with E-state index < -0.39 is 0 Å².